The van der Waals surface area contributed by atoms with E-state index in [9.17, 15) is 4.79 Å². The molecule has 2 heteroatoms. The van der Waals surface area contributed by atoms with E-state index in [1.165, 1.54) is 5.56 Å². The minimum absolute atomic E-state index is 0.279. The number of Topliss-reactive ketones (excluding diaryl/α,β-unsaturated/α-hetero) is 1. The third kappa shape index (κ3) is 4.17. The van der Waals surface area contributed by atoms with Crippen LogP contribution in [0.1, 0.15) is 56.0 Å². The standard InChI is InChI=1S/C18H26O2/c1-4-20-17-10-15(11-17)12-18(19)16-7-5-14(6-8-16)9-13(2)3/h5-8,13,15,17H,4,9-12H2,1-3H3. The van der Waals surface area contributed by atoms with Gasteiger partial charge >= 0.3 is 0 Å². The summed E-state index contributed by atoms with van der Waals surface area (Å²) in [6.45, 7) is 7.23. The SMILES string of the molecule is CCOC1CC(CC(=O)c2ccc(CC(C)C)cc2)C1. The largest absolute Gasteiger partial charge is 0.378 e. The van der Waals surface area contributed by atoms with Crippen molar-refractivity contribution in [2.24, 2.45) is 11.8 Å². The van der Waals surface area contributed by atoms with Gasteiger partial charge < -0.3 is 4.74 Å². The number of carbonyl (C=O) groups is 1. The van der Waals surface area contributed by atoms with Crippen LogP contribution in [-0.2, 0) is 11.2 Å². The molecule has 0 radical (unpaired) electrons. The number of ether oxygens (including phenoxy) is 1. The Morgan fingerprint density at radius 1 is 1.25 bits per heavy atom. The molecule has 0 atom stereocenters. The van der Waals surface area contributed by atoms with Crippen LogP contribution in [-0.4, -0.2) is 18.5 Å². The molecule has 0 unspecified atom stereocenters. The van der Waals surface area contributed by atoms with Crippen molar-refractivity contribution in [1.29, 1.82) is 0 Å². The van der Waals surface area contributed by atoms with E-state index in [1.54, 1.807) is 0 Å². The lowest BCUT2D eigenvalue weighted by Gasteiger charge is -2.34. The van der Waals surface area contributed by atoms with Crippen molar-refractivity contribution in [2.45, 2.75) is 52.6 Å². The van der Waals surface area contributed by atoms with Gasteiger partial charge in [-0.15, -0.1) is 0 Å². The number of benzene rings is 1. The van der Waals surface area contributed by atoms with Gasteiger partial charge in [0.15, 0.2) is 5.78 Å². The lowest BCUT2D eigenvalue weighted by molar-refractivity contribution is -0.0246. The first-order valence-electron chi connectivity index (χ1n) is 7.82. The maximum absolute atomic E-state index is 12.2. The van der Waals surface area contributed by atoms with Crippen LogP contribution < -0.4 is 0 Å². The van der Waals surface area contributed by atoms with Gasteiger partial charge in [0.1, 0.15) is 0 Å². The van der Waals surface area contributed by atoms with Crippen LogP contribution in [0.2, 0.25) is 0 Å². The Balaban J connectivity index is 1.81. The zero-order valence-corrected chi connectivity index (χ0v) is 12.9. The molecule has 2 rings (SSSR count). The molecule has 1 aliphatic carbocycles. The number of rotatable bonds is 7. The molecule has 0 N–H and O–H groups in total. The molecule has 0 spiro atoms. The highest BCUT2D eigenvalue weighted by Crippen LogP contribution is 2.33. The van der Waals surface area contributed by atoms with Crippen molar-refractivity contribution in [1.82, 2.24) is 0 Å². The monoisotopic (exact) mass is 274 g/mol. The van der Waals surface area contributed by atoms with Crippen LogP contribution in [0.25, 0.3) is 0 Å². The number of carbonyl (C=O) groups excluding carboxylic acids is 1. The summed E-state index contributed by atoms with van der Waals surface area (Å²) < 4.78 is 5.54. The van der Waals surface area contributed by atoms with E-state index in [4.69, 9.17) is 4.74 Å². The molecule has 1 fully saturated rings. The van der Waals surface area contributed by atoms with Gasteiger partial charge in [-0.05, 0) is 43.6 Å². The second-order valence-corrected chi connectivity index (χ2v) is 6.34. The third-order valence-corrected chi connectivity index (χ3v) is 3.99. The fraction of sp³-hybridized carbons (Fsp3) is 0.611. The first kappa shape index (κ1) is 15.2. The summed E-state index contributed by atoms with van der Waals surface area (Å²) in [5.74, 6) is 1.46. The maximum Gasteiger partial charge on any atom is 0.163 e. The normalized spacial score (nSPS) is 21.8. The van der Waals surface area contributed by atoms with Crippen LogP contribution in [0.15, 0.2) is 24.3 Å². The molecule has 0 bridgehead atoms. The Morgan fingerprint density at radius 2 is 1.90 bits per heavy atom. The molecular weight excluding hydrogens is 248 g/mol. The number of hydrogen-bond donors (Lipinski definition) is 0. The van der Waals surface area contributed by atoms with Crippen molar-refractivity contribution >= 4 is 5.78 Å². The van der Waals surface area contributed by atoms with Crippen molar-refractivity contribution in [3.63, 3.8) is 0 Å². The van der Waals surface area contributed by atoms with Gasteiger partial charge in [0.25, 0.3) is 0 Å². The summed E-state index contributed by atoms with van der Waals surface area (Å²) in [5.41, 5.74) is 2.17. The Morgan fingerprint density at radius 3 is 2.45 bits per heavy atom. The molecule has 0 amide bonds. The first-order chi connectivity index (χ1) is 9.58. The Labute approximate surface area is 122 Å². The summed E-state index contributed by atoms with van der Waals surface area (Å²) in [6, 6.07) is 8.16. The summed E-state index contributed by atoms with van der Waals surface area (Å²) in [4.78, 5) is 12.2. The van der Waals surface area contributed by atoms with Crippen LogP contribution >= 0.6 is 0 Å². The molecule has 2 nitrogen and oxygen atoms in total. The van der Waals surface area contributed by atoms with Crippen molar-refractivity contribution in [3.8, 4) is 0 Å². The van der Waals surface area contributed by atoms with Crippen LogP contribution in [0.5, 0.6) is 0 Å². The van der Waals surface area contributed by atoms with Gasteiger partial charge in [-0.2, -0.15) is 0 Å². The molecule has 110 valence electrons. The molecule has 20 heavy (non-hydrogen) atoms. The van der Waals surface area contributed by atoms with Crippen molar-refractivity contribution < 1.29 is 9.53 Å². The topological polar surface area (TPSA) is 26.3 Å². The van der Waals surface area contributed by atoms with Gasteiger partial charge in [0.2, 0.25) is 0 Å². The molecular formula is C18H26O2. The Bertz CT molecular complexity index is 427. The average molecular weight is 274 g/mol. The summed E-state index contributed by atoms with van der Waals surface area (Å²) in [7, 11) is 0. The zero-order chi connectivity index (χ0) is 14.5. The summed E-state index contributed by atoms with van der Waals surface area (Å²) in [5, 5.41) is 0. The predicted octanol–water partition coefficient (Wildman–Crippen LogP) is 4.27. The van der Waals surface area contributed by atoms with E-state index < -0.39 is 0 Å². The fourth-order valence-corrected chi connectivity index (χ4v) is 2.89. The van der Waals surface area contributed by atoms with Crippen LogP contribution in [0, 0.1) is 11.8 Å². The lowest BCUT2D eigenvalue weighted by Crippen LogP contribution is -2.32. The molecule has 0 saturated heterocycles. The van der Waals surface area contributed by atoms with E-state index in [1.807, 2.05) is 19.1 Å². The molecule has 1 aliphatic rings. The number of hydrogen-bond acceptors (Lipinski definition) is 2. The Hall–Kier alpha value is -1.15. The smallest absolute Gasteiger partial charge is 0.163 e. The zero-order valence-electron chi connectivity index (χ0n) is 12.9. The highest BCUT2D eigenvalue weighted by atomic mass is 16.5. The van der Waals surface area contributed by atoms with Gasteiger partial charge in [-0.1, -0.05) is 38.1 Å². The lowest BCUT2D eigenvalue weighted by atomic mass is 9.78. The molecule has 1 saturated carbocycles. The highest BCUT2D eigenvalue weighted by Gasteiger charge is 2.31. The maximum atomic E-state index is 12.2. The summed E-state index contributed by atoms with van der Waals surface area (Å²) in [6.07, 6.45) is 4.24. The first-order valence-corrected chi connectivity index (χ1v) is 7.82. The molecule has 1 aromatic rings. The Kier molecular flexibility index (Phi) is 5.36. The second-order valence-electron chi connectivity index (χ2n) is 6.34. The van der Waals surface area contributed by atoms with Gasteiger partial charge in [0, 0.05) is 18.6 Å². The third-order valence-electron chi connectivity index (χ3n) is 3.99. The van der Waals surface area contributed by atoms with Gasteiger partial charge in [0.05, 0.1) is 6.10 Å². The van der Waals surface area contributed by atoms with E-state index in [2.05, 4.69) is 26.0 Å². The minimum Gasteiger partial charge on any atom is -0.378 e. The molecule has 0 heterocycles. The van der Waals surface area contributed by atoms with Crippen LogP contribution in [0.3, 0.4) is 0 Å². The van der Waals surface area contributed by atoms with Crippen molar-refractivity contribution in [3.05, 3.63) is 35.4 Å². The molecule has 0 aromatic heterocycles. The summed E-state index contributed by atoms with van der Waals surface area (Å²) >= 11 is 0. The quantitative estimate of drug-likeness (QED) is 0.694. The fourth-order valence-electron chi connectivity index (χ4n) is 2.89. The van der Waals surface area contributed by atoms with Crippen molar-refractivity contribution in [2.75, 3.05) is 6.61 Å². The van der Waals surface area contributed by atoms with Gasteiger partial charge in [-0.25, -0.2) is 0 Å². The van der Waals surface area contributed by atoms with E-state index in [0.717, 1.165) is 31.4 Å². The molecule has 1 aromatic carbocycles. The highest BCUT2D eigenvalue weighted by molar-refractivity contribution is 5.96. The minimum atomic E-state index is 0.279. The van der Waals surface area contributed by atoms with E-state index >= 15 is 0 Å². The average Bonchev–Trinajstić information content (AvgIpc) is 2.36. The van der Waals surface area contributed by atoms with Crippen LogP contribution in [0.4, 0.5) is 0 Å². The van der Waals surface area contributed by atoms with E-state index in [0.29, 0.717) is 24.4 Å². The molecule has 0 aliphatic heterocycles. The number of ketones is 1. The second kappa shape index (κ2) is 7.03. The predicted molar refractivity (Wildman–Crippen MR) is 82.1 cm³/mol. The van der Waals surface area contributed by atoms with E-state index in [-0.39, 0.29) is 5.78 Å². The van der Waals surface area contributed by atoms with Gasteiger partial charge in [-0.3, -0.25) is 4.79 Å².